The quantitative estimate of drug-likeness (QED) is 0.909. The van der Waals surface area contributed by atoms with Crippen molar-refractivity contribution in [3.05, 3.63) is 38.0 Å². The lowest BCUT2D eigenvalue weighted by Gasteiger charge is -2.23. The monoisotopic (exact) mass is 266 g/mol. The van der Waals surface area contributed by atoms with Crippen LogP contribution in [0.3, 0.4) is 0 Å². The van der Waals surface area contributed by atoms with Gasteiger partial charge in [-0.3, -0.25) is 0 Å². The van der Waals surface area contributed by atoms with Crippen molar-refractivity contribution >= 4 is 22.7 Å². The van der Waals surface area contributed by atoms with Gasteiger partial charge in [0.1, 0.15) is 5.01 Å². The second kappa shape index (κ2) is 4.88. The van der Waals surface area contributed by atoms with Crippen LogP contribution in [0.2, 0.25) is 0 Å². The lowest BCUT2D eigenvalue weighted by Crippen LogP contribution is -2.35. The normalized spacial score (nSPS) is 12.0. The Morgan fingerprint density at radius 1 is 1.35 bits per heavy atom. The minimum Gasteiger partial charge on any atom is -0.302 e. The van der Waals surface area contributed by atoms with Crippen LogP contribution < -0.4 is 5.32 Å². The summed E-state index contributed by atoms with van der Waals surface area (Å²) in [4.78, 5) is 7.17. The Morgan fingerprint density at radius 2 is 2.12 bits per heavy atom. The van der Waals surface area contributed by atoms with Gasteiger partial charge in [-0.15, -0.1) is 22.7 Å². The molecule has 0 aromatic carbocycles. The molecule has 0 unspecified atom stereocenters. The minimum atomic E-state index is -0.0591. The molecular formula is C13H18N2S2. The van der Waals surface area contributed by atoms with Crippen LogP contribution in [0.15, 0.2) is 17.6 Å². The van der Waals surface area contributed by atoms with Gasteiger partial charge in [0.05, 0.1) is 5.54 Å². The average Bonchev–Trinajstić information content (AvgIpc) is 2.85. The third kappa shape index (κ3) is 2.94. The van der Waals surface area contributed by atoms with Gasteiger partial charge < -0.3 is 5.32 Å². The fourth-order valence-corrected chi connectivity index (χ4v) is 3.47. The van der Waals surface area contributed by atoms with E-state index in [9.17, 15) is 0 Å². The Kier molecular flexibility index (Phi) is 3.66. The molecule has 2 heterocycles. The maximum atomic E-state index is 4.39. The van der Waals surface area contributed by atoms with Crippen molar-refractivity contribution in [1.29, 1.82) is 0 Å². The van der Waals surface area contributed by atoms with E-state index in [1.165, 1.54) is 15.3 Å². The molecule has 2 nitrogen and oxygen atoms in total. The summed E-state index contributed by atoms with van der Waals surface area (Å²) in [5.74, 6) is 0. The van der Waals surface area contributed by atoms with Crippen molar-refractivity contribution in [3.63, 3.8) is 0 Å². The van der Waals surface area contributed by atoms with Crippen LogP contribution in [0.1, 0.15) is 34.2 Å². The summed E-state index contributed by atoms with van der Waals surface area (Å²) in [6, 6.07) is 2.27. The number of thiazole rings is 1. The molecule has 0 fully saturated rings. The van der Waals surface area contributed by atoms with E-state index >= 15 is 0 Å². The lowest BCUT2D eigenvalue weighted by atomic mass is 10.1. The molecule has 0 spiro atoms. The molecule has 0 aliphatic rings. The van der Waals surface area contributed by atoms with E-state index in [-0.39, 0.29) is 5.54 Å². The van der Waals surface area contributed by atoms with E-state index in [0.717, 1.165) is 11.6 Å². The van der Waals surface area contributed by atoms with E-state index in [0.29, 0.717) is 0 Å². The summed E-state index contributed by atoms with van der Waals surface area (Å²) < 4.78 is 0. The molecule has 1 N–H and O–H groups in total. The minimum absolute atomic E-state index is 0.0591. The third-order valence-corrected chi connectivity index (χ3v) is 4.94. The van der Waals surface area contributed by atoms with E-state index in [1.54, 1.807) is 11.3 Å². The van der Waals surface area contributed by atoms with Crippen LogP contribution in [-0.2, 0) is 12.1 Å². The second-order valence-electron chi connectivity index (χ2n) is 4.75. The molecule has 2 rings (SSSR count). The summed E-state index contributed by atoms with van der Waals surface area (Å²) in [5, 5.41) is 6.75. The Labute approximate surface area is 111 Å². The average molecular weight is 266 g/mol. The fraction of sp³-hybridized carbons (Fsp3) is 0.462. The number of aryl methyl sites for hydroxylation is 2. The Bertz CT molecular complexity index is 483. The standard InChI is InChI=1S/C13H18N2S2/c1-9-7-11(10(2)17-9)8-15-13(3,4)12-14-5-6-16-12/h5-7,15H,8H2,1-4H3. The number of nitrogens with one attached hydrogen (secondary N) is 1. The number of hydrogen-bond donors (Lipinski definition) is 1. The van der Waals surface area contributed by atoms with Crippen molar-refractivity contribution in [2.24, 2.45) is 0 Å². The Hall–Kier alpha value is -0.710. The second-order valence-corrected chi connectivity index (χ2v) is 7.11. The predicted molar refractivity (Wildman–Crippen MR) is 75.8 cm³/mol. The maximum Gasteiger partial charge on any atom is 0.112 e. The fourth-order valence-electron chi connectivity index (χ4n) is 1.78. The van der Waals surface area contributed by atoms with Gasteiger partial charge in [0.15, 0.2) is 0 Å². The topological polar surface area (TPSA) is 24.9 Å². The largest absolute Gasteiger partial charge is 0.302 e. The van der Waals surface area contributed by atoms with Crippen molar-refractivity contribution in [2.45, 2.75) is 39.8 Å². The highest BCUT2D eigenvalue weighted by Gasteiger charge is 2.22. The Morgan fingerprint density at radius 3 is 2.65 bits per heavy atom. The molecule has 0 radical (unpaired) electrons. The predicted octanol–water partition coefficient (Wildman–Crippen LogP) is 3.85. The highest BCUT2D eigenvalue weighted by molar-refractivity contribution is 7.12. The van der Waals surface area contributed by atoms with Crippen LogP contribution in [0.4, 0.5) is 0 Å². The molecule has 2 aromatic heterocycles. The van der Waals surface area contributed by atoms with E-state index in [4.69, 9.17) is 0 Å². The molecule has 92 valence electrons. The van der Waals surface area contributed by atoms with Crippen LogP contribution in [0, 0.1) is 13.8 Å². The molecule has 2 aromatic rings. The first-order valence-electron chi connectivity index (χ1n) is 5.70. The first-order valence-corrected chi connectivity index (χ1v) is 7.39. The van der Waals surface area contributed by atoms with Gasteiger partial charge in [-0.2, -0.15) is 0 Å². The molecule has 0 aliphatic carbocycles. The van der Waals surface area contributed by atoms with Crippen LogP contribution >= 0.6 is 22.7 Å². The van der Waals surface area contributed by atoms with Gasteiger partial charge in [0, 0.05) is 27.9 Å². The number of thiophene rings is 1. The molecule has 0 saturated carbocycles. The number of nitrogens with zero attached hydrogens (tertiary/aromatic N) is 1. The zero-order valence-electron chi connectivity index (χ0n) is 10.7. The van der Waals surface area contributed by atoms with Gasteiger partial charge in [-0.1, -0.05) is 0 Å². The van der Waals surface area contributed by atoms with Crippen molar-refractivity contribution in [2.75, 3.05) is 0 Å². The summed E-state index contributed by atoms with van der Waals surface area (Å²) in [5.41, 5.74) is 1.34. The van der Waals surface area contributed by atoms with E-state index in [2.05, 4.69) is 44.1 Å². The van der Waals surface area contributed by atoms with Gasteiger partial charge in [0.25, 0.3) is 0 Å². The number of hydrogen-bond acceptors (Lipinski definition) is 4. The number of rotatable bonds is 4. The van der Waals surface area contributed by atoms with E-state index in [1.807, 2.05) is 22.9 Å². The van der Waals surface area contributed by atoms with Crippen LogP contribution in [0.5, 0.6) is 0 Å². The van der Waals surface area contributed by atoms with Crippen molar-refractivity contribution in [3.8, 4) is 0 Å². The van der Waals surface area contributed by atoms with Crippen molar-refractivity contribution in [1.82, 2.24) is 10.3 Å². The smallest absolute Gasteiger partial charge is 0.112 e. The zero-order chi connectivity index (χ0) is 12.5. The van der Waals surface area contributed by atoms with Crippen LogP contribution in [0.25, 0.3) is 0 Å². The third-order valence-electron chi connectivity index (χ3n) is 2.83. The first kappa shape index (κ1) is 12.7. The summed E-state index contributed by atoms with van der Waals surface area (Å²) in [6.45, 7) is 9.61. The molecule has 0 amide bonds. The summed E-state index contributed by atoms with van der Waals surface area (Å²) in [6.07, 6.45) is 1.86. The van der Waals surface area contributed by atoms with Gasteiger partial charge in [-0.25, -0.2) is 4.98 Å². The molecule has 4 heteroatoms. The molecule has 17 heavy (non-hydrogen) atoms. The number of aromatic nitrogens is 1. The van der Waals surface area contributed by atoms with Gasteiger partial charge in [0.2, 0.25) is 0 Å². The lowest BCUT2D eigenvalue weighted by molar-refractivity contribution is 0.399. The summed E-state index contributed by atoms with van der Waals surface area (Å²) >= 11 is 3.57. The zero-order valence-corrected chi connectivity index (χ0v) is 12.3. The summed E-state index contributed by atoms with van der Waals surface area (Å²) in [7, 11) is 0. The molecule has 0 bridgehead atoms. The van der Waals surface area contributed by atoms with E-state index < -0.39 is 0 Å². The maximum absolute atomic E-state index is 4.39. The van der Waals surface area contributed by atoms with Gasteiger partial charge >= 0.3 is 0 Å². The SMILES string of the molecule is Cc1cc(CNC(C)(C)c2nccs2)c(C)s1. The molecular weight excluding hydrogens is 248 g/mol. The highest BCUT2D eigenvalue weighted by Crippen LogP contribution is 2.25. The Balaban J connectivity index is 2.05. The van der Waals surface area contributed by atoms with Gasteiger partial charge in [-0.05, 0) is 39.3 Å². The molecule has 0 atom stereocenters. The molecule has 0 aliphatic heterocycles. The van der Waals surface area contributed by atoms with Crippen LogP contribution in [-0.4, -0.2) is 4.98 Å². The highest BCUT2D eigenvalue weighted by atomic mass is 32.1. The first-order chi connectivity index (χ1) is 7.99. The van der Waals surface area contributed by atoms with Crippen molar-refractivity contribution < 1.29 is 0 Å². The molecule has 0 saturated heterocycles.